The minimum Gasteiger partial charge on any atom is -0.482 e. The van der Waals surface area contributed by atoms with Gasteiger partial charge in [-0.05, 0) is 18.9 Å². The van der Waals surface area contributed by atoms with Gasteiger partial charge >= 0.3 is 5.97 Å². The largest absolute Gasteiger partial charge is 0.482 e. The Labute approximate surface area is 143 Å². The number of para-hydroxylation sites is 1. The number of aromatic nitrogens is 3. The first-order valence-electron chi connectivity index (χ1n) is 8.01. The molecule has 2 N–H and O–H groups in total. The summed E-state index contributed by atoms with van der Waals surface area (Å²) < 4.78 is 7.09. The average Bonchev–Trinajstić information content (AvgIpc) is 3.07. The smallest absolute Gasteiger partial charge is 0.341 e. The number of allylic oxidation sites excluding steroid dienone is 2. The van der Waals surface area contributed by atoms with Crippen molar-refractivity contribution in [1.29, 1.82) is 0 Å². The van der Waals surface area contributed by atoms with Crippen LogP contribution < -0.4 is 10.1 Å². The van der Waals surface area contributed by atoms with Crippen molar-refractivity contribution < 1.29 is 19.4 Å². The Morgan fingerprint density at radius 2 is 2.20 bits per heavy atom. The van der Waals surface area contributed by atoms with Crippen molar-refractivity contribution >= 4 is 17.7 Å². The van der Waals surface area contributed by atoms with Crippen LogP contribution in [-0.4, -0.2) is 38.2 Å². The number of nitrogens with zero attached hydrogens (tertiary/aromatic N) is 3. The van der Waals surface area contributed by atoms with Gasteiger partial charge in [0.1, 0.15) is 18.1 Å². The first-order valence-corrected chi connectivity index (χ1v) is 8.01. The zero-order chi connectivity index (χ0) is 17.4. The second kappa shape index (κ2) is 6.04. The molecule has 0 spiro atoms. The summed E-state index contributed by atoms with van der Waals surface area (Å²) in [5.74, 6) is -0.0156. The summed E-state index contributed by atoms with van der Waals surface area (Å²) in [5.41, 5.74) is 2.20. The number of ether oxygens (including phenoxy) is 1. The van der Waals surface area contributed by atoms with Crippen LogP contribution in [0.15, 0.2) is 41.9 Å². The number of hydrogen-bond donors (Lipinski definition) is 2. The second-order valence-corrected chi connectivity index (χ2v) is 5.94. The molecule has 0 unspecified atom stereocenters. The molecule has 0 amide bonds. The molecule has 8 heteroatoms. The number of carbonyl (C=O) groups is 2. The molecular weight excluding hydrogens is 324 g/mol. The van der Waals surface area contributed by atoms with Gasteiger partial charge in [-0.1, -0.05) is 18.2 Å². The van der Waals surface area contributed by atoms with Gasteiger partial charge in [0.05, 0.1) is 0 Å². The van der Waals surface area contributed by atoms with Crippen LogP contribution in [-0.2, 0) is 9.59 Å². The van der Waals surface area contributed by atoms with Gasteiger partial charge in [-0.3, -0.25) is 4.79 Å². The van der Waals surface area contributed by atoms with Crippen molar-refractivity contribution in [3.63, 3.8) is 0 Å². The number of nitrogens with one attached hydrogen (secondary N) is 1. The number of anilines is 1. The zero-order valence-electron chi connectivity index (χ0n) is 13.3. The molecule has 1 aromatic carbocycles. The summed E-state index contributed by atoms with van der Waals surface area (Å²) in [6.07, 6.45) is 3.48. The Morgan fingerprint density at radius 3 is 3.04 bits per heavy atom. The minimum atomic E-state index is -1.06. The van der Waals surface area contributed by atoms with Crippen molar-refractivity contribution in [2.24, 2.45) is 0 Å². The lowest BCUT2D eigenvalue weighted by molar-refractivity contribution is -0.139. The van der Waals surface area contributed by atoms with Crippen LogP contribution in [0.4, 0.5) is 5.95 Å². The number of Topliss-reactive ketones (excluding diaryl/α,β-unsaturated/α-hetero) is 1. The molecule has 1 aliphatic heterocycles. The highest BCUT2D eigenvalue weighted by atomic mass is 16.5. The Bertz CT molecular complexity index is 886. The molecule has 0 fully saturated rings. The highest BCUT2D eigenvalue weighted by Gasteiger charge is 2.37. The highest BCUT2D eigenvalue weighted by molar-refractivity contribution is 5.99. The molecule has 8 nitrogen and oxygen atoms in total. The molecule has 0 saturated carbocycles. The first kappa shape index (κ1) is 15.4. The number of rotatable bonds is 4. The van der Waals surface area contributed by atoms with Crippen molar-refractivity contribution in [2.75, 3.05) is 11.9 Å². The normalized spacial score (nSPS) is 19.0. The first-order chi connectivity index (χ1) is 12.1. The fourth-order valence-electron chi connectivity index (χ4n) is 3.36. The van der Waals surface area contributed by atoms with Crippen molar-refractivity contribution in [2.45, 2.75) is 25.3 Å². The van der Waals surface area contributed by atoms with Gasteiger partial charge in [-0.25, -0.2) is 9.48 Å². The molecule has 2 aromatic rings. The van der Waals surface area contributed by atoms with Crippen LogP contribution in [0.5, 0.6) is 5.75 Å². The molecule has 2 heterocycles. The Morgan fingerprint density at radius 1 is 1.36 bits per heavy atom. The summed E-state index contributed by atoms with van der Waals surface area (Å²) in [6, 6.07) is 6.64. The van der Waals surface area contributed by atoms with Crippen molar-refractivity contribution in [3.8, 4) is 5.75 Å². The van der Waals surface area contributed by atoms with Crippen LogP contribution in [0, 0.1) is 0 Å². The third kappa shape index (κ3) is 2.65. The van der Waals surface area contributed by atoms with E-state index in [0.717, 1.165) is 18.5 Å². The lowest BCUT2D eigenvalue weighted by Crippen LogP contribution is -2.31. The van der Waals surface area contributed by atoms with E-state index in [1.165, 1.54) is 6.33 Å². The van der Waals surface area contributed by atoms with Crippen molar-refractivity contribution in [3.05, 3.63) is 47.4 Å². The van der Waals surface area contributed by atoms with E-state index in [-0.39, 0.29) is 5.78 Å². The fourth-order valence-corrected chi connectivity index (χ4v) is 3.36. The van der Waals surface area contributed by atoms with Gasteiger partial charge < -0.3 is 15.2 Å². The predicted molar refractivity (Wildman–Crippen MR) is 87.2 cm³/mol. The Kier molecular flexibility index (Phi) is 3.72. The van der Waals surface area contributed by atoms with Crippen LogP contribution in [0.3, 0.4) is 0 Å². The average molecular weight is 340 g/mol. The quantitative estimate of drug-likeness (QED) is 0.873. The standard InChI is InChI=1S/C17H16N4O4/c22-12-6-3-5-11-15(12)16(21-17(20-11)18-9-19-21)10-4-1-2-7-13(10)25-8-14(23)24/h1-2,4,7,9,16H,3,5-6,8H2,(H,23,24)(H,18,19,20)/t16-/m1/s1. The summed E-state index contributed by atoms with van der Waals surface area (Å²) in [7, 11) is 0. The van der Waals surface area contributed by atoms with Gasteiger partial charge in [-0.2, -0.15) is 10.1 Å². The van der Waals surface area contributed by atoms with E-state index in [1.54, 1.807) is 16.8 Å². The topological polar surface area (TPSA) is 106 Å². The molecule has 1 aromatic heterocycles. The number of fused-ring (bicyclic) bond motifs is 1. The van der Waals surface area contributed by atoms with Gasteiger partial charge in [0.25, 0.3) is 0 Å². The van der Waals surface area contributed by atoms with Gasteiger partial charge in [0.2, 0.25) is 5.95 Å². The minimum absolute atomic E-state index is 0.0629. The van der Waals surface area contributed by atoms with Crippen LogP contribution in [0.25, 0.3) is 0 Å². The van der Waals surface area contributed by atoms with E-state index in [9.17, 15) is 9.59 Å². The fraction of sp³-hybridized carbons (Fsp3) is 0.294. The molecule has 1 aliphatic carbocycles. The number of aliphatic carboxylic acids is 1. The molecular formula is C17H16N4O4. The predicted octanol–water partition coefficient (Wildman–Crippen LogP) is 1.76. The van der Waals surface area contributed by atoms with E-state index in [0.29, 0.717) is 29.3 Å². The number of benzene rings is 1. The number of carboxylic acids is 1. The third-order valence-corrected chi connectivity index (χ3v) is 4.37. The van der Waals surface area contributed by atoms with Crippen LogP contribution >= 0.6 is 0 Å². The summed E-state index contributed by atoms with van der Waals surface area (Å²) in [5, 5.41) is 16.4. The maximum Gasteiger partial charge on any atom is 0.341 e. The summed E-state index contributed by atoms with van der Waals surface area (Å²) >= 11 is 0. The van der Waals surface area contributed by atoms with E-state index in [4.69, 9.17) is 9.84 Å². The lowest BCUT2D eigenvalue weighted by Gasteiger charge is -2.32. The van der Waals surface area contributed by atoms with Gasteiger partial charge in [0, 0.05) is 23.3 Å². The SMILES string of the molecule is O=C(O)COc1ccccc1[C@@H]1C2=C(CCCC2=O)Nc2ncnn21. The molecule has 0 bridgehead atoms. The van der Waals surface area contributed by atoms with Crippen LogP contribution in [0.1, 0.15) is 30.9 Å². The third-order valence-electron chi connectivity index (χ3n) is 4.37. The van der Waals surface area contributed by atoms with E-state index in [2.05, 4.69) is 15.4 Å². The van der Waals surface area contributed by atoms with E-state index in [1.807, 2.05) is 12.1 Å². The second-order valence-electron chi connectivity index (χ2n) is 5.94. The number of ketones is 1. The number of carboxylic acid groups (broad SMARTS) is 1. The Balaban J connectivity index is 1.84. The maximum atomic E-state index is 12.6. The molecule has 2 aliphatic rings. The van der Waals surface area contributed by atoms with Crippen molar-refractivity contribution in [1.82, 2.24) is 14.8 Å². The molecule has 128 valence electrons. The number of carbonyl (C=O) groups excluding carboxylic acids is 1. The Hall–Kier alpha value is -3.16. The monoisotopic (exact) mass is 340 g/mol. The molecule has 4 rings (SSSR count). The maximum absolute atomic E-state index is 12.6. The molecule has 1 atom stereocenters. The summed E-state index contributed by atoms with van der Waals surface area (Å²) in [6.45, 7) is -0.452. The molecule has 25 heavy (non-hydrogen) atoms. The van der Waals surface area contributed by atoms with E-state index < -0.39 is 18.6 Å². The number of hydrogen-bond acceptors (Lipinski definition) is 6. The van der Waals surface area contributed by atoms with Gasteiger partial charge in [0.15, 0.2) is 12.4 Å². The highest BCUT2D eigenvalue weighted by Crippen LogP contribution is 2.42. The molecule has 0 radical (unpaired) electrons. The van der Waals surface area contributed by atoms with Gasteiger partial charge in [-0.15, -0.1) is 0 Å². The van der Waals surface area contributed by atoms with Crippen LogP contribution in [0.2, 0.25) is 0 Å². The lowest BCUT2D eigenvalue weighted by atomic mass is 9.85. The zero-order valence-corrected chi connectivity index (χ0v) is 13.3. The summed E-state index contributed by atoms with van der Waals surface area (Å²) in [4.78, 5) is 27.7. The van der Waals surface area contributed by atoms with E-state index >= 15 is 0 Å². The molecule has 0 saturated heterocycles.